The second-order valence-corrected chi connectivity index (χ2v) is 7.80. The zero-order valence-corrected chi connectivity index (χ0v) is 16.7. The minimum atomic E-state index is -0.790. The van der Waals surface area contributed by atoms with E-state index in [0.717, 1.165) is 5.56 Å². The van der Waals surface area contributed by atoms with Crippen molar-refractivity contribution in [3.05, 3.63) is 81.5 Å². The van der Waals surface area contributed by atoms with Crippen LogP contribution in [0.5, 0.6) is 5.75 Å². The highest BCUT2D eigenvalue weighted by Gasteiger charge is 2.20. The van der Waals surface area contributed by atoms with E-state index in [1.165, 1.54) is 35.0 Å². The maximum atomic E-state index is 14.2. The topological polar surface area (TPSA) is 84.2 Å². The predicted octanol–water partition coefficient (Wildman–Crippen LogP) is 3.94. The molecule has 0 radical (unpaired) electrons. The van der Waals surface area contributed by atoms with Crippen LogP contribution in [0.2, 0.25) is 0 Å². The normalized spacial score (nSPS) is 11.3. The van der Waals surface area contributed by atoms with Gasteiger partial charge in [-0.15, -0.1) is 0 Å². The van der Waals surface area contributed by atoms with Crippen LogP contribution >= 0.6 is 0 Å². The number of benzene rings is 2. The van der Waals surface area contributed by atoms with Gasteiger partial charge in [0.1, 0.15) is 17.3 Å². The number of para-hydroxylation sites is 1. The van der Waals surface area contributed by atoms with Crippen LogP contribution in [-0.2, 0) is 5.41 Å². The smallest absolute Gasteiger partial charge is 0.280 e. The summed E-state index contributed by atoms with van der Waals surface area (Å²) in [5, 5.41) is 16.7. The van der Waals surface area contributed by atoms with Gasteiger partial charge in [0.05, 0.1) is 5.69 Å². The number of amides is 1. The fourth-order valence-electron chi connectivity index (χ4n) is 2.86. The second kappa shape index (κ2) is 7.50. The number of aromatic nitrogens is 2. The van der Waals surface area contributed by atoms with Gasteiger partial charge in [-0.1, -0.05) is 39.0 Å². The van der Waals surface area contributed by atoms with E-state index in [0.29, 0.717) is 5.69 Å². The highest BCUT2D eigenvalue weighted by Crippen LogP contribution is 2.30. The Morgan fingerprint density at radius 3 is 2.48 bits per heavy atom. The third-order valence-corrected chi connectivity index (χ3v) is 4.51. The molecule has 0 aliphatic rings. The molecule has 0 unspecified atom stereocenters. The Bertz CT molecular complexity index is 1150. The molecule has 3 rings (SSSR count). The molecule has 0 saturated carbocycles. The van der Waals surface area contributed by atoms with Crippen molar-refractivity contribution in [2.45, 2.75) is 33.1 Å². The van der Waals surface area contributed by atoms with Crippen molar-refractivity contribution >= 4 is 11.6 Å². The number of anilines is 1. The highest BCUT2D eigenvalue weighted by molar-refractivity contribution is 6.03. The lowest BCUT2D eigenvalue weighted by Gasteiger charge is -2.20. The SMILES string of the molecule is Cc1cc(=O)c(C(=O)Nc2cc(C(C)(C)C)ccc2O)nn1-c1ccccc1F. The molecule has 6 nitrogen and oxygen atoms in total. The average molecular weight is 395 g/mol. The monoisotopic (exact) mass is 395 g/mol. The lowest BCUT2D eigenvalue weighted by molar-refractivity contribution is 0.101. The standard InChI is InChI=1S/C22H22FN3O3/c1-13-11-19(28)20(25-26(13)17-8-6-5-7-15(17)23)21(29)24-16-12-14(22(2,3)4)9-10-18(16)27/h5-12,27H,1-4H3,(H,24,29). The van der Waals surface area contributed by atoms with E-state index in [1.807, 2.05) is 20.8 Å². The van der Waals surface area contributed by atoms with Gasteiger partial charge in [-0.3, -0.25) is 9.59 Å². The first kappa shape index (κ1) is 20.3. The summed E-state index contributed by atoms with van der Waals surface area (Å²) in [6.07, 6.45) is 0. The van der Waals surface area contributed by atoms with Gasteiger partial charge in [0.2, 0.25) is 5.43 Å². The van der Waals surface area contributed by atoms with Crippen LogP contribution in [0.15, 0.2) is 53.3 Å². The molecule has 0 aliphatic carbocycles. The number of phenolic OH excluding ortho intramolecular Hbond substituents is 1. The van der Waals surface area contributed by atoms with Crippen LogP contribution in [0.1, 0.15) is 42.5 Å². The maximum absolute atomic E-state index is 14.2. The molecule has 1 aromatic heterocycles. The molecular weight excluding hydrogens is 373 g/mol. The van der Waals surface area contributed by atoms with Crippen LogP contribution < -0.4 is 10.7 Å². The van der Waals surface area contributed by atoms with Crippen molar-refractivity contribution in [3.8, 4) is 11.4 Å². The minimum Gasteiger partial charge on any atom is -0.506 e. The van der Waals surface area contributed by atoms with Crippen molar-refractivity contribution in [1.29, 1.82) is 0 Å². The number of rotatable bonds is 3. The van der Waals surface area contributed by atoms with Gasteiger partial charge in [-0.05, 0) is 42.2 Å². The Labute approximate surface area is 167 Å². The highest BCUT2D eigenvalue weighted by atomic mass is 19.1. The molecule has 7 heteroatoms. The summed E-state index contributed by atoms with van der Waals surface area (Å²) in [7, 11) is 0. The summed E-state index contributed by atoms with van der Waals surface area (Å²) in [6.45, 7) is 7.60. The molecule has 2 N–H and O–H groups in total. The first-order valence-electron chi connectivity index (χ1n) is 9.08. The van der Waals surface area contributed by atoms with E-state index >= 15 is 0 Å². The lowest BCUT2D eigenvalue weighted by atomic mass is 9.87. The van der Waals surface area contributed by atoms with Gasteiger partial charge in [-0.25, -0.2) is 9.07 Å². The quantitative estimate of drug-likeness (QED) is 0.658. The number of nitrogens with one attached hydrogen (secondary N) is 1. The number of hydrogen-bond acceptors (Lipinski definition) is 4. The summed E-state index contributed by atoms with van der Waals surface area (Å²) in [5.41, 5.74) is 0.365. The van der Waals surface area contributed by atoms with Gasteiger partial charge in [0.15, 0.2) is 5.69 Å². The molecule has 1 heterocycles. The average Bonchev–Trinajstić information content (AvgIpc) is 2.63. The van der Waals surface area contributed by atoms with Crippen molar-refractivity contribution in [2.24, 2.45) is 0 Å². The maximum Gasteiger partial charge on any atom is 0.280 e. The number of carbonyl (C=O) groups excluding carboxylic acids is 1. The summed E-state index contributed by atoms with van der Waals surface area (Å²) in [5.74, 6) is -1.46. The Morgan fingerprint density at radius 2 is 1.83 bits per heavy atom. The van der Waals surface area contributed by atoms with E-state index in [4.69, 9.17) is 0 Å². The summed E-state index contributed by atoms with van der Waals surface area (Å²) in [4.78, 5) is 25.1. The minimum absolute atomic E-state index is 0.122. The zero-order chi connectivity index (χ0) is 21.3. The second-order valence-electron chi connectivity index (χ2n) is 7.80. The fourth-order valence-corrected chi connectivity index (χ4v) is 2.86. The molecule has 0 bridgehead atoms. The van der Waals surface area contributed by atoms with Gasteiger partial charge < -0.3 is 10.4 Å². The van der Waals surface area contributed by atoms with Crippen LogP contribution in [-0.4, -0.2) is 20.8 Å². The number of halogens is 1. The molecule has 0 atom stereocenters. The number of carbonyl (C=O) groups is 1. The molecular formula is C22H22FN3O3. The molecule has 150 valence electrons. The largest absolute Gasteiger partial charge is 0.506 e. The Balaban J connectivity index is 2.02. The first-order chi connectivity index (χ1) is 13.6. The molecule has 0 aliphatic heterocycles. The number of phenols is 1. The van der Waals surface area contributed by atoms with Crippen LogP contribution in [0, 0.1) is 12.7 Å². The summed E-state index contributed by atoms with van der Waals surface area (Å²) >= 11 is 0. The zero-order valence-electron chi connectivity index (χ0n) is 16.7. The molecule has 1 amide bonds. The van der Waals surface area contributed by atoms with Crippen LogP contribution in [0.3, 0.4) is 0 Å². The number of aromatic hydroxyl groups is 1. The molecule has 0 spiro atoms. The molecule has 3 aromatic rings. The van der Waals surface area contributed by atoms with E-state index in [-0.39, 0.29) is 22.5 Å². The first-order valence-corrected chi connectivity index (χ1v) is 9.08. The van der Waals surface area contributed by atoms with Crippen molar-refractivity contribution in [3.63, 3.8) is 0 Å². The van der Waals surface area contributed by atoms with E-state index in [1.54, 1.807) is 25.1 Å². The number of hydrogen-bond donors (Lipinski definition) is 2. The van der Waals surface area contributed by atoms with E-state index in [2.05, 4.69) is 10.4 Å². The number of aryl methyl sites for hydroxylation is 1. The van der Waals surface area contributed by atoms with E-state index in [9.17, 15) is 19.1 Å². The molecule has 0 fully saturated rings. The van der Waals surface area contributed by atoms with Crippen molar-refractivity contribution < 1.29 is 14.3 Å². The lowest BCUT2D eigenvalue weighted by Crippen LogP contribution is -2.27. The summed E-state index contributed by atoms with van der Waals surface area (Å²) < 4.78 is 15.4. The summed E-state index contributed by atoms with van der Waals surface area (Å²) in [6, 6.07) is 12.1. The third kappa shape index (κ3) is 4.18. The van der Waals surface area contributed by atoms with Gasteiger partial charge in [-0.2, -0.15) is 5.10 Å². The Morgan fingerprint density at radius 1 is 1.14 bits per heavy atom. The Kier molecular flexibility index (Phi) is 5.24. The third-order valence-electron chi connectivity index (χ3n) is 4.51. The van der Waals surface area contributed by atoms with Crippen molar-refractivity contribution in [2.75, 3.05) is 5.32 Å². The van der Waals surface area contributed by atoms with Crippen LogP contribution in [0.4, 0.5) is 10.1 Å². The van der Waals surface area contributed by atoms with Crippen molar-refractivity contribution in [1.82, 2.24) is 9.78 Å². The molecule has 0 saturated heterocycles. The fraction of sp³-hybridized carbons (Fsp3) is 0.227. The van der Waals surface area contributed by atoms with Gasteiger partial charge in [0.25, 0.3) is 5.91 Å². The molecule has 29 heavy (non-hydrogen) atoms. The van der Waals surface area contributed by atoms with E-state index < -0.39 is 22.8 Å². The molecule has 2 aromatic carbocycles. The number of nitrogens with zero attached hydrogens (tertiary/aromatic N) is 2. The predicted molar refractivity (Wildman–Crippen MR) is 109 cm³/mol. The van der Waals surface area contributed by atoms with Crippen LogP contribution in [0.25, 0.3) is 5.69 Å². The Hall–Kier alpha value is -3.48. The van der Waals surface area contributed by atoms with Gasteiger partial charge in [0, 0.05) is 11.8 Å². The van der Waals surface area contributed by atoms with Gasteiger partial charge >= 0.3 is 0 Å².